The summed E-state index contributed by atoms with van der Waals surface area (Å²) < 4.78 is 5.30. The van der Waals surface area contributed by atoms with Gasteiger partial charge in [0.25, 0.3) is 0 Å². The second-order valence-electron chi connectivity index (χ2n) is 4.53. The summed E-state index contributed by atoms with van der Waals surface area (Å²) in [6, 6.07) is 5.91. The molecule has 0 saturated carbocycles. The molecule has 98 valence electrons. The van der Waals surface area contributed by atoms with E-state index in [0.717, 1.165) is 22.4 Å². The molecule has 5 heteroatoms. The van der Waals surface area contributed by atoms with Gasteiger partial charge in [-0.05, 0) is 24.1 Å². The van der Waals surface area contributed by atoms with Crippen LogP contribution < -0.4 is 10.1 Å². The van der Waals surface area contributed by atoms with Gasteiger partial charge in [0.2, 0.25) is 0 Å². The third-order valence-corrected chi connectivity index (χ3v) is 4.07. The third kappa shape index (κ3) is 3.12. The quantitative estimate of drug-likeness (QED) is 0.914. The maximum absolute atomic E-state index is 6.00. The van der Waals surface area contributed by atoms with E-state index in [1.807, 2.05) is 18.2 Å². The molecule has 1 heterocycles. The van der Waals surface area contributed by atoms with Gasteiger partial charge in [0.05, 0.1) is 18.8 Å². The number of hydrogen-bond acceptors (Lipinski definition) is 4. The zero-order chi connectivity index (χ0) is 13.1. The summed E-state index contributed by atoms with van der Waals surface area (Å²) in [5, 5.41) is 4.91. The average Bonchev–Trinajstić information content (AvgIpc) is 2.78. The molecule has 0 bridgehead atoms. The Balaban J connectivity index is 2.15. The Kier molecular flexibility index (Phi) is 4.40. The van der Waals surface area contributed by atoms with Crippen LogP contribution in [0.4, 0.5) is 5.69 Å². The monoisotopic (exact) mass is 284 g/mol. The SMILES string of the molecule is COc1ccc(Cl)cc1NC1=NC(C(C)C)CS1. The van der Waals surface area contributed by atoms with Crippen molar-refractivity contribution >= 4 is 34.2 Å². The van der Waals surface area contributed by atoms with Crippen molar-refractivity contribution in [2.24, 2.45) is 10.9 Å². The number of methoxy groups -OCH3 is 1. The lowest BCUT2D eigenvalue weighted by atomic mass is 10.1. The highest BCUT2D eigenvalue weighted by Gasteiger charge is 2.21. The Morgan fingerprint density at radius 2 is 2.28 bits per heavy atom. The summed E-state index contributed by atoms with van der Waals surface area (Å²) in [7, 11) is 1.65. The fraction of sp³-hybridized carbons (Fsp3) is 0.462. The molecular weight excluding hydrogens is 268 g/mol. The summed E-state index contributed by atoms with van der Waals surface area (Å²) in [6.45, 7) is 4.38. The second-order valence-corrected chi connectivity index (χ2v) is 5.97. The van der Waals surface area contributed by atoms with Crippen LogP contribution in [0.25, 0.3) is 0 Å². The van der Waals surface area contributed by atoms with Gasteiger partial charge < -0.3 is 10.1 Å². The van der Waals surface area contributed by atoms with Crippen molar-refractivity contribution in [3.05, 3.63) is 23.2 Å². The van der Waals surface area contributed by atoms with Crippen molar-refractivity contribution in [2.45, 2.75) is 19.9 Å². The fourth-order valence-electron chi connectivity index (χ4n) is 1.69. The number of nitrogens with zero attached hydrogens (tertiary/aromatic N) is 1. The van der Waals surface area contributed by atoms with Gasteiger partial charge in [-0.15, -0.1) is 0 Å². The summed E-state index contributed by atoms with van der Waals surface area (Å²) >= 11 is 7.74. The van der Waals surface area contributed by atoms with Crippen molar-refractivity contribution in [3.63, 3.8) is 0 Å². The number of benzene rings is 1. The van der Waals surface area contributed by atoms with Crippen LogP contribution in [0.2, 0.25) is 5.02 Å². The standard InChI is InChI=1S/C13H17ClN2OS/c1-8(2)11-7-18-13(16-11)15-10-6-9(14)4-5-12(10)17-3/h4-6,8,11H,7H2,1-3H3,(H,15,16). The third-order valence-electron chi connectivity index (χ3n) is 2.85. The first kappa shape index (κ1) is 13.6. The normalized spacial score (nSPS) is 18.9. The van der Waals surface area contributed by atoms with Crippen LogP contribution >= 0.6 is 23.4 Å². The van der Waals surface area contributed by atoms with E-state index in [0.29, 0.717) is 17.0 Å². The molecule has 1 aromatic rings. The molecule has 0 saturated heterocycles. The number of anilines is 1. The fourth-order valence-corrected chi connectivity index (χ4v) is 3.04. The van der Waals surface area contributed by atoms with E-state index in [-0.39, 0.29) is 0 Å². The largest absolute Gasteiger partial charge is 0.495 e. The zero-order valence-electron chi connectivity index (χ0n) is 10.7. The van der Waals surface area contributed by atoms with Crippen molar-refractivity contribution in [2.75, 3.05) is 18.2 Å². The molecule has 1 aliphatic rings. The van der Waals surface area contributed by atoms with Crippen LogP contribution in [0.15, 0.2) is 23.2 Å². The first-order valence-corrected chi connectivity index (χ1v) is 7.27. The van der Waals surface area contributed by atoms with Crippen molar-refractivity contribution in [1.29, 1.82) is 0 Å². The number of aliphatic imine (C=N–C) groups is 1. The van der Waals surface area contributed by atoms with E-state index in [1.54, 1.807) is 18.9 Å². The van der Waals surface area contributed by atoms with Crippen LogP contribution in [-0.4, -0.2) is 24.1 Å². The number of rotatable bonds is 3. The van der Waals surface area contributed by atoms with Crippen LogP contribution in [0, 0.1) is 5.92 Å². The maximum Gasteiger partial charge on any atom is 0.161 e. The van der Waals surface area contributed by atoms with Crippen LogP contribution in [-0.2, 0) is 0 Å². The number of hydrogen-bond donors (Lipinski definition) is 1. The molecule has 1 N–H and O–H groups in total. The molecule has 1 atom stereocenters. The number of ether oxygens (including phenoxy) is 1. The van der Waals surface area contributed by atoms with E-state index >= 15 is 0 Å². The van der Waals surface area contributed by atoms with Crippen molar-refractivity contribution in [1.82, 2.24) is 0 Å². The van der Waals surface area contributed by atoms with Crippen LogP contribution in [0.5, 0.6) is 5.75 Å². The van der Waals surface area contributed by atoms with Gasteiger partial charge in [-0.2, -0.15) is 0 Å². The van der Waals surface area contributed by atoms with Crippen molar-refractivity contribution < 1.29 is 4.74 Å². The molecule has 0 radical (unpaired) electrons. The van der Waals surface area contributed by atoms with Gasteiger partial charge in [-0.25, -0.2) is 0 Å². The Hall–Kier alpha value is -0.870. The van der Waals surface area contributed by atoms with Gasteiger partial charge >= 0.3 is 0 Å². The number of halogens is 1. The van der Waals surface area contributed by atoms with E-state index in [2.05, 4.69) is 24.2 Å². The lowest BCUT2D eigenvalue weighted by molar-refractivity contribution is 0.417. The van der Waals surface area contributed by atoms with Crippen LogP contribution in [0.1, 0.15) is 13.8 Å². The van der Waals surface area contributed by atoms with Crippen molar-refractivity contribution in [3.8, 4) is 5.75 Å². The minimum absolute atomic E-state index is 0.391. The Morgan fingerprint density at radius 1 is 1.50 bits per heavy atom. The predicted molar refractivity (Wildman–Crippen MR) is 80.1 cm³/mol. The lowest BCUT2D eigenvalue weighted by Gasteiger charge is -2.10. The molecule has 0 aromatic heterocycles. The van der Waals surface area contributed by atoms with Gasteiger partial charge in [-0.3, -0.25) is 4.99 Å². The zero-order valence-corrected chi connectivity index (χ0v) is 12.3. The van der Waals surface area contributed by atoms with Gasteiger partial charge in [0.1, 0.15) is 5.75 Å². The number of thioether (sulfide) groups is 1. The highest BCUT2D eigenvalue weighted by atomic mass is 35.5. The molecule has 0 aliphatic carbocycles. The average molecular weight is 285 g/mol. The molecule has 0 amide bonds. The minimum Gasteiger partial charge on any atom is -0.495 e. The van der Waals surface area contributed by atoms with Gasteiger partial charge in [-0.1, -0.05) is 37.2 Å². The smallest absolute Gasteiger partial charge is 0.161 e. The van der Waals surface area contributed by atoms with Gasteiger partial charge in [0, 0.05) is 10.8 Å². The summed E-state index contributed by atoms with van der Waals surface area (Å²) in [4.78, 5) is 4.66. The molecule has 1 unspecified atom stereocenters. The molecule has 1 aliphatic heterocycles. The highest BCUT2D eigenvalue weighted by Crippen LogP contribution is 2.31. The second kappa shape index (κ2) is 5.85. The highest BCUT2D eigenvalue weighted by molar-refractivity contribution is 8.14. The predicted octanol–water partition coefficient (Wildman–Crippen LogP) is 3.89. The first-order chi connectivity index (χ1) is 8.60. The molecule has 0 fully saturated rings. The molecule has 2 rings (SSSR count). The molecule has 18 heavy (non-hydrogen) atoms. The number of amidine groups is 1. The summed E-state index contributed by atoms with van der Waals surface area (Å²) in [5.74, 6) is 2.37. The lowest BCUT2D eigenvalue weighted by Crippen LogP contribution is -2.12. The summed E-state index contributed by atoms with van der Waals surface area (Å²) in [6.07, 6.45) is 0. The Labute approximate surface area is 117 Å². The van der Waals surface area contributed by atoms with E-state index < -0.39 is 0 Å². The minimum atomic E-state index is 0.391. The maximum atomic E-state index is 6.00. The Bertz CT molecular complexity index is 462. The molecule has 1 aromatic carbocycles. The Morgan fingerprint density at radius 3 is 2.89 bits per heavy atom. The van der Waals surface area contributed by atoms with Crippen LogP contribution in [0.3, 0.4) is 0 Å². The number of nitrogens with one attached hydrogen (secondary N) is 1. The van der Waals surface area contributed by atoms with Gasteiger partial charge in [0.15, 0.2) is 5.17 Å². The molecule has 3 nitrogen and oxygen atoms in total. The first-order valence-electron chi connectivity index (χ1n) is 5.91. The topological polar surface area (TPSA) is 33.6 Å². The summed E-state index contributed by atoms with van der Waals surface area (Å²) in [5.41, 5.74) is 0.862. The molecular formula is C13H17ClN2OS. The molecule has 0 spiro atoms. The van der Waals surface area contributed by atoms with E-state index in [1.165, 1.54) is 0 Å². The van der Waals surface area contributed by atoms with E-state index in [9.17, 15) is 0 Å². The van der Waals surface area contributed by atoms with E-state index in [4.69, 9.17) is 16.3 Å².